The fourth-order valence-electron chi connectivity index (χ4n) is 4.29. The van der Waals surface area contributed by atoms with Gasteiger partial charge in [0, 0.05) is 18.7 Å². The van der Waals surface area contributed by atoms with Gasteiger partial charge in [0.1, 0.15) is 12.6 Å². The average Bonchev–Trinajstić information content (AvgIpc) is 3.47. The normalized spacial score (nSPS) is 15.0. The molecule has 2 aromatic carbocycles. The molecule has 14 nitrogen and oxygen atoms in total. The molecule has 0 saturated carbocycles. The van der Waals surface area contributed by atoms with Crippen LogP contribution in [0.1, 0.15) is 54.9 Å². The maximum absolute atomic E-state index is 13.1. The molecule has 3 rings (SSSR count). The Bertz CT molecular complexity index is 1270. The van der Waals surface area contributed by atoms with E-state index in [-0.39, 0.29) is 13.0 Å². The van der Waals surface area contributed by atoms with E-state index in [1.165, 1.54) is 4.90 Å². The Kier molecular flexibility index (Phi) is 10.8. The van der Waals surface area contributed by atoms with E-state index in [0.29, 0.717) is 38.3 Å². The largest absolute Gasteiger partial charge is 0.454 e. The molecule has 218 valence electrons. The number of rotatable bonds is 13. The second kappa shape index (κ2) is 14.5. The van der Waals surface area contributed by atoms with Crippen molar-refractivity contribution in [1.29, 1.82) is 0 Å². The third-order valence-electron chi connectivity index (χ3n) is 6.45. The van der Waals surface area contributed by atoms with Gasteiger partial charge in [0.15, 0.2) is 12.4 Å². The molecule has 0 unspecified atom stereocenters. The van der Waals surface area contributed by atoms with Gasteiger partial charge in [-0.1, -0.05) is 50.1 Å². The van der Waals surface area contributed by atoms with Crippen molar-refractivity contribution < 1.29 is 38.5 Å². The van der Waals surface area contributed by atoms with E-state index in [9.17, 15) is 39.4 Å². The first-order valence-electron chi connectivity index (χ1n) is 13.0. The van der Waals surface area contributed by atoms with Crippen molar-refractivity contribution in [3.8, 4) is 0 Å². The first-order valence-corrected chi connectivity index (χ1v) is 13.0. The second-order valence-corrected chi connectivity index (χ2v) is 9.39. The lowest BCUT2D eigenvalue weighted by Crippen LogP contribution is -2.51. The van der Waals surface area contributed by atoms with Crippen LogP contribution in [0.5, 0.6) is 0 Å². The summed E-state index contributed by atoms with van der Waals surface area (Å²) >= 11 is 0. The number of nitro benzene ring substituents is 2. The molecule has 0 aromatic heterocycles. The van der Waals surface area contributed by atoms with E-state index in [0.717, 1.165) is 17.7 Å². The van der Waals surface area contributed by atoms with Crippen LogP contribution < -0.4 is 5.32 Å². The van der Waals surface area contributed by atoms with Crippen LogP contribution >= 0.6 is 0 Å². The molecule has 14 heteroatoms. The zero-order valence-corrected chi connectivity index (χ0v) is 22.4. The molecule has 1 aliphatic rings. The van der Waals surface area contributed by atoms with Crippen LogP contribution in [-0.4, -0.2) is 63.7 Å². The summed E-state index contributed by atoms with van der Waals surface area (Å²) < 4.78 is 10.4. The van der Waals surface area contributed by atoms with Crippen LogP contribution in [0.25, 0.3) is 0 Å². The molecule has 1 N–H and O–H groups in total. The Morgan fingerprint density at radius 1 is 1.02 bits per heavy atom. The van der Waals surface area contributed by atoms with Gasteiger partial charge in [0.05, 0.1) is 27.5 Å². The third-order valence-corrected chi connectivity index (χ3v) is 6.45. The quantitative estimate of drug-likeness (QED) is 0.211. The first-order chi connectivity index (χ1) is 19.6. The molecular weight excluding hydrogens is 540 g/mol. The van der Waals surface area contributed by atoms with Gasteiger partial charge in [0.2, 0.25) is 5.91 Å². The van der Waals surface area contributed by atoms with Gasteiger partial charge in [0.25, 0.3) is 11.4 Å². The van der Waals surface area contributed by atoms with Crippen molar-refractivity contribution in [1.82, 2.24) is 10.2 Å². The minimum Gasteiger partial charge on any atom is -0.454 e. The molecule has 41 heavy (non-hydrogen) atoms. The molecule has 0 aliphatic carbocycles. The Morgan fingerprint density at radius 2 is 1.68 bits per heavy atom. The summed E-state index contributed by atoms with van der Waals surface area (Å²) in [6.07, 6.45) is 1.81. The molecule has 0 radical (unpaired) electrons. The van der Waals surface area contributed by atoms with Gasteiger partial charge in [-0.25, -0.2) is 9.59 Å². The van der Waals surface area contributed by atoms with Gasteiger partial charge in [-0.05, 0) is 24.8 Å². The first kappa shape index (κ1) is 30.7. The zero-order valence-electron chi connectivity index (χ0n) is 22.4. The smallest absolute Gasteiger partial charge is 0.410 e. The van der Waals surface area contributed by atoms with E-state index in [1.807, 2.05) is 25.1 Å². The number of hydrogen-bond donors (Lipinski definition) is 1. The molecule has 2 atom stereocenters. The predicted molar refractivity (Wildman–Crippen MR) is 143 cm³/mol. The van der Waals surface area contributed by atoms with Gasteiger partial charge in [-0.15, -0.1) is 0 Å². The molecule has 0 spiro atoms. The summed E-state index contributed by atoms with van der Waals surface area (Å²) in [6, 6.07) is 9.51. The lowest BCUT2D eigenvalue weighted by molar-refractivity contribution is -0.394. The number of nitro groups is 2. The minimum atomic E-state index is -1.17. The SMILES string of the molecule is CCCC[C@H](NC(=O)[C@@H]1CCCN1C(=O)OCc1ccccc1)C(=O)COC(=O)c1cc([N+](=O)[O-])cc([N+](=O)[O-])c1. The number of ether oxygens (including phenoxy) is 2. The minimum absolute atomic E-state index is 0.0429. The highest BCUT2D eigenvalue weighted by Gasteiger charge is 2.37. The molecule has 1 fully saturated rings. The Hall–Kier alpha value is -4.88. The second-order valence-electron chi connectivity index (χ2n) is 9.39. The number of ketones is 1. The highest BCUT2D eigenvalue weighted by molar-refractivity contribution is 5.96. The van der Waals surface area contributed by atoms with Crippen molar-refractivity contribution in [3.63, 3.8) is 0 Å². The zero-order chi connectivity index (χ0) is 29.9. The number of carbonyl (C=O) groups excluding carboxylic acids is 4. The van der Waals surface area contributed by atoms with E-state index in [1.54, 1.807) is 12.1 Å². The molecule has 0 bridgehead atoms. The van der Waals surface area contributed by atoms with Crippen LogP contribution in [0, 0.1) is 20.2 Å². The topological polar surface area (TPSA) is 188 Å². The Labute approximate surface area is 234 Å². The highest BCUT2D eigenvalue weighted by Crippen LogP contribution is 2.23. The number of unbranched alkanes of at least 4 members (excludes halogenated alkanes) is 1. The monoisotopic (exact) mass is 570 g/mol. The fourth-order valence-corrected chi connectivity index (χ4v) is 4.29. The van der Waals surface area contributed by atoms with Crippen molar-refractivity contribution in [2.75, 3.05) is 13.2 Å². The number of likely N-dealkylation sites (tertiary alicyclic amines) is 1. The number of benzene rings is 2. The van der Waals surface area contributed by atoms with Crippen molar-refractivity contribution in [2.24, 2.45) is 0 Å². The molecular formula is C27H30N4O10. The van der Waals surface area contributed by atoms with Gasteiger partial charge in [-0.2, -0.15) is 0 Å². The van der Waals surface area contributed by atoms with Gasteiger partial charge < -0.3 is 14.8 Å². The molecule has 1 heterocycles. The maximum Gasteiger partial charge on any atom is 0.410 e. The summed E-state index contributed by atoms with van der Waals surface area (Å²) in [5, 5.41) is 24.8. The predicted octanol–water partition coefficient (Wildman–Crippen LogP) is 3.71. The lowest BCUT2D eigenvalue weighted by Gasteiger charge is -2.25. The molecule has 1 aliphatic heterocycles. The third kappa shape index (κ3) is 8.55. The number of Topliss-reactive ketones (excluding diaryl/α,β-unsaturated/α-hetero) is 1. The molecule has 1 saturated heterocycles. The van der Waals surface area contributed by atoms with E-state index in [4.69, 9.17) is 9.47 Å². The summed E-state index contributed by atoms with van der Waals surface area (Å²) in [7, 11) is 0. The van der Waals surface area contributed by atoms with Crippen LogP contribution in [0.4, 0.5) is 16.2 Å². The van der Waals surface area contributed by atoms with E-state index < -0.39 is 69.2 Å². The van der Waals surface area contributed by atoms with Gasteiger partial charge in [-0.3, -0.25) is 34.7 Å². The number of nitrogens with one attached hydrogen (secondary N) is 1. The number of esters is 1. The maximum atomic E-state index is 13.1. The summed E-state index contributed by atoms with van der Waals surface area (Å²) in [4.78, 5) is 72.9. The van der Waals surface area contributed by atoms with Gasteiger partial charge >= 0.3 is 12.1 Å². The Balaban J connectivity index is 1.62. The van der Waals surface area contributed by atoms with Crippen molar-refractivity contribution in [3.05, 3.63) is 79.9 Å². The van der Waals surface area contributed by atoms with E-state index >= 15 is 0 Å². The number of hydrogen-bond acceptors (Lipinski definition) is 10. The standard InChI is InChI=1S/C27H30N4O10/c1-2-3-10-22(24(32)17-40-26(34)19-13-20(30(36)37)15-21(14-19)31(38)39)28-25(33)23-11-7-12-29(23)27(35)41-16-18-8-5-4-6-9-18/h4-6,8-9,13-15,22-23H,2-3,7,10-12,16-17H2,1H3,(H,28,33)/t22-,23-/m0/s1. The fraction of sp³-hybridized carbons (Fsp3) is 0.407. The van der Waals surface area contributed by atoms with Crippen LogP contribution in [0.2, 0.25) is 0 Å². The summed E-state index contributed by atoms with van der Waals surface area (Å²) in [6.45, 7) is 1.46. The van der Waals surface area contributed by atoms with E-state index in [2.05, 4.69) is 5.32 Å². The van der Waals surface area contributed by atoms with Crippen LogP contribution in [-0.2, 0) is 25.7 Å². The number of non-ortho nitro benzene ring substituents is 2. The average molecular weight is 571 g/mol. The van der Waals surface area contributed by atoms with Crippen molar-refractivity contribution >= 4 is 35.1 Å². The summed E-state index contributed by atoms with van der Waals surface area (Å²) in [5.74, 6) is -2.36. The number of amides is 2. The summed E-state index contributed by atoms with van der Waals surface area (Å²) in [5.41, 5.74) is -1.05. The van der Waals surface area contributed by atoms with Crippen molar-refractivity contribution in [2.45, 2.75) is 57.7 Å². The van der Waals surface area contributed by atoms with Crippen LogP contribution in [0.15, 0.2) is 48.5 Å². The highest BCUT2D eigenvalue weighted by atomic mass is 16.6. The molecule has 2 aromatic rings. The Morgan fingerprint density at radius 3 is 2.29 bits per heavy atom. The molecule has 2 amide bonds. The van der Waals surface area contributed by atoms with Crippen LogP contribution in [0.3, 0.4) is 0 Å². The number of carbonyl (C=O) groups is 4. The number of nitrogens with zero attached hydrogens (tertiary/aromatic N) is 3. The lowest BCUT2D eigenvalue weighted by atomic mass is 10.0.